The first-order valence-corrected chi connectivity index (χ1v) is 12.3. The lowest BCUT2D eigenvalue weighted by atomic mass is 9.87. The summed E-state index contributed by atoms with van der Waals surface area (Å²) in [4.78, 5) is 19.4. The van der Waals surface area contributed by atoms with Gasteiger partial charge in [0.25, 0.3) is 0 Å². The van der Waals surface area contributed by atoms with Crippen LogP contribution in [0.1, 0.15) is 63.9 Å². The minimum atomic E-state index is 0.186. The third kappa shape index (κ3) is 8.90. The number of hydrogen-bond acceptors (Lipinski definition) is 3. The maximum absolute atomic E-state index is 12.2. The second-order valence-electron chi connectivity index (χ2n) is 9.00. The van der Waals surface area contributed by atoms with E-state index in [1.165, 1.54) is 37.7 Å². The van der Waals surface area contributed by atoms with Crippen molar-refractivity contribution in [1.82, 2.24) is 20.9 Å². The maximum Gasteiger partial charge on any atom is 0.220 e. The third-order valence-corrected chi connectivity index (χ3v) is 6.42. The van der Waals surface area contributed by atoms with Gasteiger partial charge in [-0.1, -0.05) is 49.6 Å². The van der Waals surface area contributed by atoms with Crippen molar-refractivity contribution < 1.29 is 4.79 Å². The predicted molar refractivity (Wildman–Crippen MR) is 128 cm³/mol. The summed E-state index contributed by atoms with van der Waals surface area (Å²) >= 11 is 0. The molecule has 1 aliphatic heterocycles. The number of benzene rings is 1. The van der Waals surface area contributed by atoms with E-state index >= 15 is 0 Å². The van der Waals surface area contributed by atoms with Crippen LogP contribution in [0.5, 0.6) is 0 Å². The average molecular weight is 428 g/mol. The Labute approximate surface area is 188 Å². The number of carbonyl (C=O) groups excluding carboxylic acids is 1. The van der Waals surface area contributed by atoms with Gasteiger partial charge in [-0.25, -0.2) is 0 Å². The Balaban J connectivity index is 1.34. The van der Waals surface area contributed by atoms with E-state index in [-0.39, 0.29) is 5.91 Å². The fourth-order valence-electron chi connectivity index (χ4n) is 4.68. The van der Waals surface area contributed by atoms with Crippen molar-refractivity contribution in [3.8, 4) is 0 Å². The van der Waals surface area contributed by atoms with Crippen LogP contribution in [0, 0.1) is 5.92 Å². The van der Waals surface area contributed by atoms with Gasteiger partial charge in [0.15, 0.2) is 5.96 Å². The summed E-state index contributed by atoms with van der Waals surface area (Å²) in [6.07, 6.45) is 9.25. The molecule has 3 rings (SSSR count). The number of likely N-dealkylation sites (tertiary alicyclic amines) is 1. The Morgan fingerprint density at radius 2 is 1.77 bits per heavy atom. The van der Waals surface area contributed by atoms with Gasteiger partial charge in [-0.15, -0.1) is 0 Å². The van der Waals surface area contributed by atoms with Crippen molar-refractivity contribution in [2.24, 2.45) is 10.9 Å². The van der Waals surface area contributed by atoms with E-state index in [0.717, 1.165) is 45.0 Å². The van der Waals surface area contributed by atoms with E-state index in [2.05, 4.69) is 63.1 Å². The van der Waals surface area contributed by atoms with Crippen LogP contribution in [-0.4, -0.2) is 55.5 Å². The van der Waals surface area contributed by atoms with Gasteiger partial charge in [0.2, 0.25) is 5.91 Å². The smallest absolute Gasteiger partial charge is 0.220 e. The van der Waals surface area contributed by atoms with Crippen LogP contribution in [-0.2, 0) is 11.3 Å². The fraction of sp³-hybridized carbons (Fsp3) is 0.680. The number of nitrogens with zero attached hydrogens (tertiary/aromatic N) is 2. The fourth-order valence-corrected chi connectivity index (χ4v) is 4.68. The number of carbonyl (C=O) groups is 1. The molecule has 2 aliphatic rings. The van der Waals surface area contributed by atoms with Crippen LogP contribution in [0.2, 0.25) is 0 Å². The molecule has 2 fully saturated rings. The molecule has 0 spiro atoms. The Morgan fingerprint density at radius 1 is 1.03 bits per heavy atom. The molecule has 0 unspecified atom stereocenters. The molecule has 0 radical (unpaired) electrons. The molecular weight excluding hydrogens is 386 g/mol. The number of rotatable bonds is 9. The number of piperidine rings is 1. The summed E-state index contributed by atoms with van der Waals surface area (Å²) in [5, 5.41) is 9.99. The molecule has 1 amide bonds. The monoisotopic (exact) mass is 427 g/mol. The zero-order valence-electron chi connectivity index (χ0n) is 19.2. The van der Waals surface area contributed by atoms with Gasteiger partial charge in [-0.05, 0) is 44.1 Å². The number of hydrogen-bond donors (Lipinski definition) is 3. The van der Waals surface area contributed by atoms with Gasteiger partial charge in [-0.2, -0.15) is 0 Å². The predicted octanol–water partition coefficient (Wildman–Crippen LogP) is 3.29. The molecule has 0 atom stereocenters. The highest BCUT2D eigenvalue weighted by Crippen LogP contribution is 2.26. The van der Waals surface area contributed by atoms with Crippen molar-refractivity contribution in [2.45, 2.75) is 70.9 Å². The zero-order chi connectivity index (χ0) is 21.7. The molecule has 1 aromatic carbocycles. The Hall–Kier alpha value is -2.08. The third-order valence-electron chi connectivity index (χ3n) is 6.42. The molecule has 0 aromatic heterocycles. The van der Waals surface area contributed by atoms with Gasteiger partial charge < -0.3 is 16.0 Å². The summed E-state index contributed by atoms with van der Waals surface area (Å²) < 4.78 is 0. The van der Waals surface area contributed by atoms with Crippen molar-refractivity contribution in [3.05, 3.63) is 35.9 Å². The highest BCUT2D eigenvalue weighted by Gasteiger charge is 2.20. The number of aliphatic imine (C=N–C) groups is 1. The van der Waals surface area contributed by atoms with Gasteiger partial charge in [0, 0.05) is 45.2 Å². The molecule has 1 aromatic rings. The number of amides is 1. The minimum absolute atomic E-state index is 0.186. The molecule has 172 valence electrons. The molecule has 1 saturated heterocycles. The van der Waals surface area contributed by atoms with Crippen LogP contribution in [0.3, 0.4) is 0 Å². The van der Waals surface area contributed by atoms with Crippen LogP contribution >= 0.6 is 0 Å². The molecular formula is C25H41N5O. The summed E-state index contributed by atoms with van der Waals surface area (Å²) in [7, 11) is 0. The van der Waals surface area contributed by atoms with Gasteiger partial charge in [0.1, 0.15) is 0 Å². The Kier molecular flexibility index (Phi) is 10.2. The first kappa shape index (κ1) is 23.6. The molecule has 6 nitrogen and oxygen atoms in total. The number of nitrogens with one attached hydrogen (secondary N) is 3. The topological polar surface area (TPSA) is 68.8 Å². The van der Waals surface area contributed by atoms with E-state index in [1.807, 2.05) is 0 Å². The van der Waals surface area contributed by atoms with E-state index in [1.54, 1.807) is 0 Å². The summed E-state index contributed by atoms with van der Waals surface area (Å²) in [5.41, 5.74) is 1.38. The summed E-state index contributed by atoms with van der Waals surface area (Å²) in [5.74, 6) is 1.64. The lowest BCUT2D eigenvalue weighted by Gasteiger charge is -2.33. The Bertz CT molecular complexity index is 664. The maximum atomic E-state index is 12.2. The van der Waals surface area contributed by atoms with Crippen LogP contribution in [0.4, 0.5) is 0 Å². The first-order chi connectivity index (χ1) is 15.2. The summed E-state index contributed by atoms with van der Waals surface area (Å²) in [6, 6.07) is 11.2. The van der Waals surface area contributed by atoms with Crippen LogP contribution in [0.25, 0.3) is 0 Å². The lowest BCUT2D eigenvalue weighted by Crippen LogP contribution is -2.48. The average Bonchev–Trinajstić information content (AvgIpc) is 2.79. The van der Waals surface area contributed by atoms with Crippen molar-refractivity contribution in [3.63, 3.8) is 0 Å². The largest absolute Gasteiger partial charge is 0.357 e. The second-order valence-corrected chi connectivity index (χ2v) is 9.00. The van der Waals surface area contributed by atoms with E-state index < -0.39 is 0 Å². The molecule has 31 heavy (non-hydrogen) atoms. The molecule has 1 aliphatic carbocycles. The highest BCUT2D eigenvalue weighted by molar-refractivity contribution is 5.80. The molecule has 3 N–H and O–H groups in total. The van der Waals surface area contributed by atoms with Gasteiger partial charge >= 0.3 is 0 Å². The van der Waals surface area contributed by atoms with Crippen molar-refractivity contribution in [1.29, 1.82) is 0 Å². The van der Waals surface area contributed by atoms with Gasteiger partial charge in [0.05, 0.1) is 6.54 Å². The quantitative estimate of drug-likeness (QED) is 0.321. The van der Waals surface area contributed by atoms with Crippen LogP contribution < -0.4 is 16.0 Å². The molecule has 0 bridgehead atoms. The SMILES string of the molecule is CCNC(=NCCNC(=O)CC1CCCCC1)NC1CCN(Cc2ccccc2)CC1. The minimum Gasteiger partial charge on any atom is -0.357 e. The van der Waals surface area contributed by atoms with E-state index in [4.69, 9.17) is 0 Å². The van der Waals surface area contributed by atoms with Crippen LogP contribution in [0.15, 0.2) is 35.3 Å². The van der Waals surface area contributed by atoms with E-state index in [9.17, 15) is 4.79 Å². The Morgan fingerprint density at radius 3 is 2.48 bits per heavy atom. The highest BCUT2D eigenvalue weighted by atomic mass is 16.1. The lowest BCUT2D eigenvalue weighted by molar-refractivity contribution is -0.122. The first-order valence-electron chi connectivity index (χ1n) is 12.3. The van der Waals surface area contributed by atoms with E-state index in [0.29, 0.717) is 31.5 Å². The van der Waals surface area contributed by atoms with Gasteiger partial charge in [-0.3, -0.25) is 14.7 Å². The molecule has 1 saturated carbocycles. The second kappa shape index (κ2) is 13.4. The molecule has 6 heteroatoms. The summed E-state index contributed by atoms with van der Waals surface area (Å²) in [6.45, 7) is 7.38. The number of guanidine groups is 1. The van der Waals surface area contributed by atoms with Crippen molar-refractivity contribution in [2.75, 3.05) is 32.7 Å². The molecule has 1 heterocycles. The standard InChI is InChI=1S/C25H41N5O/c1-2-26-25(28-16-15-27-24(31)19-21-9-5-3-6-10-21)29-23-13-17-30(18-14-23)20-22-11-7-4-8-12-22/h4,7-8,11-12,21,23H,2-3,5-6,9-10,13-20H2,1H3,(H,27,31)(H2,26,28,29). The normalized spacial score (nSPS) is 19.2. The zero-order valence-corrected chi connectivity index (χ0v) is 19.2. The van der Waals surface area contributed by atoms with Crippen molar-refractivity contribution >= 4 is 11.9 Å².